The van der Waals surface area contributed by atoms with Crippen LogP contribution in [0.1, 0.15) is 49.8 Å². The third-order valence-electron chi connectivity index (χ3n) is 6.04. The van der Waals surface area contributed by atoms with Crippen LogP contribution >= 0.6 is 0 Å². The Labute approximate surface area is 192 Å². The van der Waals surface area contributed by atoms with Crippen LogP contribution in [0.25, 0.3) is 5.76 Å². The minimum absolute atomic E-state index is 0.00995. The molecule has 2 aromatic rings. The highest BCUT2D eigenvalue weighted by Gasteiger charge is 2.47. The van der Waals surface area contributed by atoms with E-state index in [1.807, 2.05) is 0 Å². The number of amides is 1. The van der Waals surface area contributed by atoms with Gasteiger partial charge in [0.25, 0.3) is 11.7 Å². The number of carbonyl (C=O) groups excluding carboxylic acids is 2. The van der Waals surface area contributed by atoms with Crippen LogP contribution in [0.5, 0.6) is 5.75 Å². The van der Waals surface area contributed by atoms with E-state index in [9.17, 15) is 19.1 Å². The number of nitrogens with zero attached hydrogens (tertiary/aromatic N) is 1. The summed E-state index contributed by atoms with van der Waals surface area (Å²) < 4.78 is 24.8. The van der Waals surface area contributed by atoms with E-state index in [0.29, 0.717) is 24.5 Å². The summed E-state index contributed by atoms with van der Waals surface area (Å²) in [6.45, 7) is 3.57. The Balaban J connectivity index is 1.72. The summed E-state index contributed by atoms with van der Waals surface area (Å²) in [6.07, 6.45) is 3.52. The Morgan fingerprint density at radius 1 is 1.15 bits per heavy atom. The standard InChI is InChI=1S/C26H28FNO5/c1-2-3-14-32-20-12-8-17(9-13-20)23-22(24(29)18-6-10-19(27)11-7-18)25(30)26(31)28(23)16-21-5-4-15-33-21/h6-13,21,23,29H,2-5,14-16H2,1H3/t21-,23-/m0/s1. The lowest BCUT2D eigenvalue weighted by molar-refractivity contribution is -0.140. The van der Waals surface area contributed by atoms with Crippen molar-refractivity contribution in [2.75, 3.05) is 19.8 Å². The number of aliphatic hydroxyl groups excluding tert-OH is 1. The molecule has 0 bridgehead atoms. The summed E-state index contributed by atoms with van der Waals surface area (Å²) in [5, 5.41) is 11.0. The Morgan fingerprint density at radius 2 is 1.88 bits per heavy atom. The molecule has 0 saturated carbocycles. The second-order valence-electron chi connectivity index (χ2n) is 8.36. The van der Waals surface area contributed by atoms with E-state index in [2.05, 4.69) is 6.92 Å². The average molecular weight is 454 g/mol. The molecular weight excluding hydrogens is 425 g/mol. The summed E-state index contributed by atoms with van der Waals surface area (Å²) in [5.41, 5.74) is 0.944. The maximum absolute atomic E-state index is 13.4. The van der Waals surface area contributed by atoms with Gasteiger partial charge in [-0.15, -0.1) is 0 Å². The fourth-order valence-corrected chi connectivity index (χ4v) is 4.27. The van der Waals surface area contributed by atoms with E-state index < -0.39 is 23.5 Å². The van der Waals surface area contributed by atoms with Gasteiger partial charge in [-0.1, -0.05) is 25.5 Å². The Bertz CT molecular complexity index is 1030. The first-order chi connectivity index (χ1) is 16.0. The van der Waals surface area contributed by atoms with Crippen molar-refractivity contribution in [3.63, 3.8) is 0 Å². The molecule has 2 aliphatic rings. The van der Waals surface area contributed by atoms with Crippen molar-refractivity contribution < 1.29 is 28.6 Å². The van der Waals surface area contributed by atoms with E-state index in [1.165, 1.54) is 29.2 Å². The number of benzene rings is 2. The van der Waals surface area contributed by atoms with Crippen LogP contribution < -0.4 is 4.74 Å². The molecule has 0 radical (unpaired) electrons. The lowest BCUT2D eigenvalue weighted by Gasteiger charge is -2.27. The van der Waals surface area contributed by atoms with Crippen LogP contribution in [-0.2, 0) is 14.3 Å². The van der Waals surface area contributed by atoms with E-state index in [0.717, 1.165) is 25.7 Å². The highest BCUT2D eigenvalue weighted by Crippen LogP contribution is 2.40. The maximum atomic E-state index is 13.4. The number of aliphatic hydroxyl groups is 1. The average Bonchev–Trinajstić information content (AvgIpc) is 3.42. The predicted molar refractivity (Wildman–Crippen MR) is 121 cm³/mol. The van der Waals surface area contributed by atoms with Gasteiger partial charge in [0.1, 0.15) is 17.3 Å². The van der Waals surface area contributed by atoms with Gasteiger partial charge in [-0.2, -0.15) is 0 Å². The molecule has 7 heteroatoms. The third kappa shape index (κ3) is 4.93. The number of ether oxygens (including phenoxy) is 2. The van der Waals surface area contributed by atoms with Crippen LogP contribution in [0.4, 0.5) is 4.39 Å². The van der Waals surface area contributed by atoms with Gasteiger partial charge in [0.15, 0.2) is 0 Å². The third-order valence-corrected chi connectivity index (χ3v) is 6.04. The van der Waals surface area contributed by atoms with Crippen LogP contribution in [0.3, 0.4) is 0 Å². The van der Waals surface area contributed by atoms with Gasteiger partial charge in [-0.25, -0.2) is 4.39 Å². The van der Waals surface area contributed by atoms with E-state index in [-0.39, 0.29) is 29.5 Å². The molecule has 2 aliphatic heterocycles. The van der Waals surface area contributed by atoms with Crippen LogP contribution in [0.2, 0.25) is 0 Å². The Morgan fingerprint density at radius 3 is 2.52 bits per heavy atom. The second-order valence-corrected chi connectivity index (χ2v) is 8.36. The molecule has 2 aromatic carbocycles. The first-order valence-electron chi connectivity index (χ1n) is 11.4. The molecule has 0 unspecified atom stereocenters. The summed E-state index contributed by atoms with van der Waals surface area (Å²) >= 11 is 0. The van der Waals surface area contributed by atoms with Crippen molar-refractivity contribution in [2.45, 2.75) is 44.8 Å². The number of rotatable bonds is 8. The van der Waals surface area contributed by atoms with Gasteiger partial charge < -0.3 is 19.5 Å². The number of hydrogen-bond acceptors (Lipinski definition) is 5. The molecule has 2 saturated heterocycles. The molecule has 6 nitrogen and oxygen atoms in total. The molecular formula is C26H28FNO5. The Kier molecular flexibility index (Phi) is 7.08. The zero-order valence-electron chi connectivity index (χ0n) is 18.6. The molecule has 2 heterocycles. The molecule has 33 heavy (non-hydrogen) atoms. The number of ketones is 1. The highest BCUT2D eigenvalue weighted by molar-refractivity contribution is 6.46. The SMILES string of the molecule is CCCCOc1ccc([C@H]2C(=C(O)c3ccc(F)cc3)C(=O)C(=O)N2C[C@@H]2CCCO2)cc1. The monoisotopic (exact) mass is 453 g/mol. The molecule has 0 spiro atoms. The number of likely N-dealkylation sites (tertiary alicyclic amines) is 1. The van der Waals surface area contributed by atoms with Gasteiger partial charge in [0.05, 0.1) is 24.3 Å². The van der Waals surface area contributed by atoms with Gasteiger partial charge >= 0.3 is 0 Å². The predicted octanol–water partition coefficient (Wildman–Crippen LogP) is 4.61. The Hall–Kier alpha value is -3.19. The van der Waals surface area contributed by atoms with E-state index >= 15 is 0 Å². The second kappa shape index (κ2) is 10.2. The molecule has 2 atom stereocenters. The number of hydrogen-bond donors (Lipinski definition) is 1. The maximum Gasteiger partial charge on any atom is 0.295 e. The zero-order valence-corrected chi connectivity index (χ0v) is 18.6. The molecule has 1 amide bonds. The fraction of sp³-hybridized carbons (Fsp3) is 0.385. The van der Waals surface area contributed by atoms with Crippen molar-refractivity contribution in [3.8, 4) is 5.75 Å². The minimum Gasteiger partial charge on any atom is -0.507 e. The minimum atomic E-state index is -0.774. The molecule has 1 N–H and O–H groups in total. The number of Topliss-reactive ketones (excluding diaryl/α,β-unsaturated/α-hetero) is 1. The molecule has 2 fully saturated rings. The largest absolute Gasteiger partial charge is 0.507 e. The number of carbonyl (C=O) groups is 2. The first-order valence-corrected chi connectivity index (χ1v) is 11.4. The molecule has 4 rings (SSSR count). The number of unbranched alkanes of at least 4 members (excludes halogenated alkanes) is 1. The van der Waals surface area contributed by atoms with Gasteiger partial charge in [0, 0.05) is 18.7 Å². The highest BCUT2D eigenvalue weighted by atomic mass is 19.1. The van der Waals surface area contributed by atoms with Gasteiger partial charge in [-0.05, 0) is 61.2 Å². The van der Waals surface area contributed by atoms with Crippen LogP contribution in [-0.4, -0.2) is 47.6 Å². The van der Waals surface area contributed by atoms with Crippen molar-refractivity contribution >= 4 is 17.4 Å². The van der Waals surface area contributed by atoms with Crippen molar-refractivity contribution in [1.82, 2.24) is 4.90 Å². The van der Waals surface area contributed by atoms with E-state index in [4.69, 9.17) is 9.47 Å². The smallest absolute Gasteiger partial charge is 0.295 e. The molecule has 174 valence electrons. The zero-order chi connectivity index (χ0) is 23.4. The van der Waals surface area contributed by atoms with Gasteiger partial charge in [-0.3, -0.25) is 9.59 Å². The van der Waals surface area contributed by atoms with E-state index in [1.54, 1.807) is 24.3 Å². The van der Waals surface area contributed by atoms with Crippen molar-refractivity contribution in [2.24, 2.45) is 0 Å². The topological polar surface area (TPSA) is 76.1 Å². The first kappa shape index (κ1) is 23.0. The van der Waals surface area contributed by atoms with Crippen LogP contribution in [0.15, 0.2) is 54.1 Å². The normalized spacial score (nSPS) is 22.2. The quantitative estimate of drug-likeness (QED) is 0.274. The molecule has 0 aromatic heterocycles. The lowest BCUT2D eigenvalue weighted by Crippen LogP contribution is -2.36. The summed E-state index contributed by atoms with van der Waals surface area (Å²) in [6, 6.07) is 11.6. The fourth-order valence-electron chi connectivity index (χ4n) is 4.27. The lowest BCUT2D eigenvalue weighted by atomic mass is 9.95. The van der Waals surface area contributed by atoms with Crippen LogP contribution in [0, 0.1) is 5.82 Å². The summed E-state index contributed by atoms with van der Waals surface area (Å²) in [5.74, 6) is -1.52. The van der Waals surface area contributed by atoms with Crippen molar-refractivity contribution in [1.29, 1.82) is 0 Å². The molecule has 0 aliphatic carbocycles. The summed E-state index contributed by atoms with van der Waals surface area (Å²) in [7, 11) is 0. The number of halogens is 1. The van der Waals surface area contributed by atoms with Crippen molar-refractivity contribution in [3.05, 3.63) is 71.0 Å². The van der Waals surface area contributed by atoms with Gasteiger partial charge in [0.2, 0.25) is 0 Å². The summed E-state index contributed by atoms with van der Waals surface area (Å²) in [4.78, 5) is 27.5.